The minimum absolute atomic E-state index is 0.504. The van der Waals surface area contributed by atoms with E-state index in [4.69, 9.17) is 4.42 Å². The van der Waals surface area contributed by atoms with Crippen molar-refractivity contribution in [2.75, 3.05) is 0 Å². The summed E-state index contributed by atoms with van der Waals surface area (Å²) in [5, 5.41) is 17.9. The van der Waals surface area contributed by atoms with Crippen molar-refractivity contribution in [2.24, 2.45) is 0 Å². The van der Waals surface area contributed by atoms with E-state index in [1.54, 1.807) is 11.8 Å². The normalized spacial score (nSPS) is 11.1. The van der Waals surface area contributed by atoms with Crippen LogP contribution in [0.4, 0.5) is 0 Å². The van der Waals surface area contributed by atoms with E-state index in [9.17, 15) is 0 Å². The highest BCUT2D eigenvalue weighted by molar-refractivity contribution is 9.10. The molecule has 0 saturated heterocycles. The van der Waals surface area contributed by atoms with Crippen molar-refractivity contribution in [3.63, 3.8) is 0 Å². The van der Waals surface area contributed by atoms with Crippen LogP contribution in [0.1, 0.15) is 24.2 Å². The molecular formula is C20H18BrN5OS. The molecule has 4 rings (SSSR count). The third kappa shape index (κ3) is 4.18. The first-order valence-electron chi connectivity index (χ1n) is 8.90. The Labute approximate surface area is 175 Å². The monoisotopic (exact) mass is 455 g/mol. The van der Waals surface area contributed by atoms with Crippen LogP contribution < -0.4 is 0 Å². The second kappa shape index (κ2) is 8.70. The van der Waals surface area contributed by atoms with E-state index >= 15 is 0 Å². The van der Waals surface area contributed by atoms with Crippen LogP contribution in [-0.2, 0) is 18.7 Å². The predicted octanol–water partition coefficient (Wildman–Crippen LogP) is 4.99. The second-order valence-corrected chi connectivity index (χ2v) is 7.87. The Morgan fingerprint density at radius 2 is 1.75 bits per heavy atom. The van der Waals surface area contributed by atoms with Crippen LogP contribution in [0.3, 0.4) is 0 Å². The van der Waals surface area contributed by atoms with Crippen LogP contribution in [-0.4, -0.2) is 25.0 Å². The molecule has 0 N–H and O–H groups in total. The highest BCUT2D eigenvalue weighted by atomic mass is 79.9. The fourth-order valence-electron chi connectivity index (χ4n) is 2.83. The molecule has 0 bridgehead atoms. The molecule has 2 aromatic carbocycles. The highest BCUT2D eigenvalue weighted by Gasteiger charge is 2.15. The van der Waals surface area contributed by atoms with Crippen molar-refractivity contribution in [3.8, 4) is 11.5 Å². The maximum Gasteiger partial charge on any atom is 0.248 e. The number of rotatable bonds is 7. The molecular weight excluding hydrogens is 438 g/mol. The van der Waals surface area contributed by atoms with Gasteiger partial charge in [0.25, 0.3) is 0 Å². The molecule has 28 heavy (non-hydrogen) atoms. The topological polar surface area (TPSA) is 69.6 Å². The van der Waals surface area contributed by atoms with Gasteiger partial charge in [-0.05, 0) is 40.5 Å². The van der Waals surface area contributed by atoms with Crippen LogP contribution in [0.25, 0.3) is 11.5 Å². The number of benzene rings is 2. The molecule has 0 radical (unpaired) electrons. The minimum Gasteiger partial charge on any atom is -0.420 e. The van der Waals surface area contributed by atoms with Gasteiger partial charge in [-0.15, -0.1) is 20.4 Å². The Morgan fingerprint density at radius 3 is 2.54 bits per heavy atom. The van der Waals surface area contributed by atoms with Crippen LogP contribution in [0.15, 0.2) is 68.6 Å². The predicted molar refractivity (Wildman–Crippen MR) is 112 cm³/mol. The molecule has 0 aliphatic rings. The molecule has 2 aromatic heterocycles. The maximum absolute atomic E-state index is 5.82. The third-order valence-electron chi connectivity index (χ3n) is 4.21. The minimum atomic E-state index is 0.504. The van der Waals surface area contributed by atoms with E-state index in [2.05, 4.69) is 59.9 Å². The van der Waals surface area contributed by atoms with E-state index in [0.29, 0.717) is 17.5 Å². The summed E-state index contributed by atoms with van der Waals surface area (Å²) in [4.78, 5) is 0. The van der Waals surface area contributed by atoms with Gasteiger partial charge in [0, 0.05) is 17.4 Å². The smallest absolute Gasteiger partial charge is 0.248 e. The molecule has 0 saturated carbocycles. The summed E-state index contributed by atoms with van der Waals surface area (Å²) in [6, 6.07) is 18.1. The second-order valence-electron chi connectivity index (χ2n) is 6.07. The van der Waals surface area contributed by atoms with Gasteiger partial charge in [-0.2, -0.15) is 0 Å². The molecule has 142 valence electrons. The van der Waals surface area contributed by atoms with Crippen LogP contribution in [0.2, 0.25) is 0 Å². The lowest BCUT2D eigenvalue weighted by Gasteiger charge is -2.06. The lowest BCUT2D eigenvalue weighted by Crippen LogP contribution is -2.04. The van der Waals surface area contributed by atoms with Crippen molar-refractivity contribution in [2.45, 2.75) is 30.8 Å². The summed E-state index contributed by atoms with van der Waals surface area (Å²) in [5.74, 6) is 2.56. The Kier molecular flexibility index (Phi) is 5.87. The summed E-state index contributed by atoms with van der Waals surface area (Å²) in [5.41, 5.74) is 2.10. The van der Waals surface area contributed by atoms with Crippen molar-refractivity contribution >= 4 is 27.7 Å². The molecule has 2 heterocycles. The van der Waals surface area contributed by atoms with E-state index < -0.39 is 0 Å². The highest BCUT2D eigenvalue weighted by Crippen LogP contribution is 2.28. The largest absolute Gasteiger partial charge is 0.420 e. The number of aromatic nitrogens is 5. The van der Waals surface area contributed by atoms with Crippen molar-refractivity contribution in [1.29, 1.82) is 0 Å². The average Bonchev–Trinajstić information content (AvgIpc) is 3.34. The van der Waals surface area contributed by atoms with Crippen LogP contribution >= 0.6 is 27.7 Å². The summed E-state index contributed by atoms with van der Waals surface area (Å²) in [6.45, 7) is 2.91. The average molecular weight is 456 g/mol. The lowest BCUT2D eigenvalue weighted by atomic mass is 10.1. The van der Waals surface area contributed by atoms with Crippen molar-refractivity contribution in [3.05, 3.63) is 76.3 Å². The zero-order valence-corrected chi connectivity index (χ0v) is 17.7. The number of hydrogen-bond acceptors (Lipinski definition) is 6. The first kappa shape index (κ1) is 18.9. The maximum atomic E-state index is 5.82. The zero-order valence-electron chi connectivity index (χ0n) is 15.2. The number of thioether (sulfide) groups is 1. The lowest BCUT2D eigenvalue weighted by molar-refractivity contribution is 0.527. The third-order valence-corrected chi connectivity index (χ3v) is 5.85. The Balaban J connectivity index is 1.46. The van der Waals surface area contributed by atoms with Gasteiger partial charge in [-0.1, -0.05) is 54.2 Å². The summed E-state index contributed by atoms with van der Waals surface area (Å²) < 4.78 is 8.87. The van der Waals surface area contributed by atoms with Gasteiger partial charge >= 0.3 is 0 Å². The van der Waals surface area contributed by atoms with Gasteiger partial charge in [-0.25, -0.2) is 0 Å². The van der Waals surface area contributed by atoms with Gasteiger partial charge in [0.05, 0.1) is 11.3 Å². The molecule has 6 nitrogen and oxygen atoms in total. The van der Waals surface area contributed by atoms with Crippen LogP contribution in [0, 0.1) is 0 Å². The number of hydrogen-bond donors (Lipinski definition) is 0. The standard InChI is InChI=1S/C20H18BrN5OS/c1-2-26-17(12-14-8-4-3-5-9-14)22-25-20(26)28-13-18-23-24-19(27-18)15-10-6-7-11-16(15)21/h3-11H,2,12-13H2,1H3. The van der Waals surface area contributed by atoms with Crippen LogP contribution in [0.5, 0.6) is 0 Å². The quantitative estimate of drug-likeness (QED) is 0.365. The molecule has 0 fully saturated rings. The van der Waals surface area contributed by atoms with Gasteiger partial charge in [0.15, 0.2) is 5.16 Å². The molecule has 0 aliphatic heterocycles. The molecule has 0 unspecified atom stereocenters. The van der Waals surface area contributed by atoms with Gasteiger partial charge in [-0.3, -0.25) is 0 Å². The van der Waals surface area contributed by atoms with Crippen molar-refractivity contribution < 1.29 is 4.42 Å². The van der Waals surface area contributed by atoms with Crippen molar-refractivity contribution in [1.82, 2.24) is 25.0 Å². The van der Waals surface area contributed by atoms with Gasteiger partial charge < -0.3 is 8.98 Å². The van der Waals surface area contributed by atoms with E-state index in [1.165, 1.54) is 5.56 Å². The Bertz CT molecular complexity index is 1060. The first-order chi connectivity index (χ1) is 13.7. The molecule has 0 atom stereocenters. The first-order valence-corrected chi connectivity index (χ1v) is 10.7. The molecule has 0 amide bonds. The summed E-state index contributed by atoms with van der Waals surface area (Å²) >= 11 is 5.06. The summed E-state index contributed by atoms with van der Waals surface area (Å²) in [7, 11) is 0. The Hall–Kier alpha value is -2.45. The molecule has 0 aliphatic carbocycles. The number of halogens is 1. The summed E-state index contributed by atoms with van der Waals surface area (Å²) in [6.07, 6.45) is 0.759. The molecule has 0 spiro atoms. The fourth-order valence-corrected chi connectivity index (χ4v) is 4.15. The molecule has 8 heteroatoms. The van der Waals surface area contributed by atoms with E-state index in [0.717, 1.165) is 34.0 Å². The molecule has 4 aromatic rings. The fraction of sp³-hybridized carbons (Fsp3) is 0.200. The van der Waals surface area contributed by atoms with Gasteiger partial charge in [0.2, 0.25) is 11.8 Å². The Morgan fingerprint density at radius 1 is 0.964 bits per heavy atom. The van der Waals surface area contributed by atoms with E-state index in [1.807, 2.05) is 42.5 Å². The number of nitrogens with zero attached hydrogens (tertiary/aromatic N) is 5. The van der Waals surface area contributed by atoms with E-state index in [-0.39, 0.29) is 0 Å². The van der Waals surface area contributed by atoms with Gasteiger partial charge in [0.1, 0.15) is 5.82 Å². The SMILES string of the molecule is CCn1c(Cc2ccccc2)nnc1SCc1nnc(-c2ccccc2Br)o1. The zero-order chi connectivity index (χ0) is 19.3.